The predicted molar refractivity (Wildman–Crippen MR) is 245 cm³/mol. The largest absolute Gasteiger partial charge is 0.356 e. The van der Waals surface area contributed by atoms with Gasteiger partial charge in [-0.1, -0.05) is 164 Å². The molecule has 10 aromatic rings. The molecule has 2 aliphatic rings. The van der Waals surface area contributed by atoms with Crippen molar-refractivity contribution >= 4 is 31.5 Å². The summed E-state index contributed by atoms with van der Waals surface area (Å²) in [6.45, 7) is 0. The lowest BCUT2D eigenvalue weighted by Gasteiger charge is -2.30. The Morgan fingerprint density at radius 3 is 1.75 bits per heavy atom. The summed E-state index contributed by atoms with van der Waals surface area (Å²) in [4.78, 5) is 3.91. The second-order valence-corrected chi connectivity index (χ2v) is 16.8. The number of aromatic amines is 1. The van der Waals surface area contributed by atoms with Gasteiger partial charge in [0.05, 0.1) is 28.8 Å². The summed E-state index contributed by atoms with van der Waals surface area (Å²) in [5.74, 6) is -0.604. The molecular formula is C56H33N3S. The summed E-state index contributed by atoms with van der Waals surface area (Å²) in [7, 11) is 0. The quantitative estimate of drug-likeness (QED) is 0.189. The third-order valence-electron chi connectivity index (χ3n) is 12.8. The van der Waals surface area contributed by atoms with Crippen LogP contribution in [0.4, 0.5) is 0 Å². The first-order chi connectivity index (χ1) is 29.7. The topological polar surface area (TPSA) is 63.4 Å². The maximum atomic E-state index is 11.4. The highest BCUT2D eigenvalue weighted by molar-refractivity contribution is 7.26. The van der Waals surface area contributed by atoms with Crippen LogP contribution in [0, 0.1) is 22.7 Å². The summed E-state index contributed by atoms with van der Waals surface area (Å²) in [6, 6.07) is 71.9. The lowest BCUT2D eigenvalue weighted by atomic mass is 9.70. The summed E-state index contributed by atoms with van der Waals surface area (Å²) in [5, 5.41) is 23.5. The van der Waals surface area contributed by atoms with Crippen LogP contribution in [-0.2, 0) is 5.41 Å². The number of nitrogens with one attached hydrogen (secondary N) is 1. The molecule has 278 valence electrons. The van der Waals surface area contributed by atoms with Crippen LogP contribution < -0.4 is 0 Å². The van der Waals surface area contributed by atoms with Crippen molar-refractivity contribution in [3.8, 4) is 67.9 Å². The van der Waals surface area contributed by atoms with Crippen LogP contribution in [0.25, 0.3) is 75.9 Å². The van der Waals surface area contributed by atoms with Crippen molar-refractivity contribution in [3.05, 3.63) is 227 Å². The molecule has 0 radical (unpaired) electrons. The standard InChI is InChI=1S/C56H33N3S/c57-32-34-25-27-36(28-26-34)53-52(51(35-13-2-1-3-14-35)54(59-53)45(33-58)43-20-12-19-42-41-18-7-11-24-50(41)60-55(42)43)37-29-30-49-44(31-37)40-17-6-10-23-48(40)56(49)46-21-8-4-15-38(46)39-16-5-9-22-47(39)56/h1-31,45,59H. The van der Waals surface area contributed by atoms with Crippen molar-refractivity contribution in [2.75, 3.05) is 0 Å². The summed E-state index contributed by atoms with van der Waals surface area (Å²) in [5.41, 5.74) is 18.1. The van der Waals surface area contributed by atoms with Crippen LogP contribution in [0.5, 0.6) is 0 Å². The van der Waals surface area contributed by atoms with Crippen molar-refractivity contribution in [1.29, 1.82) is 10.5 Å². The Kier molecular flexibility index (Phi) is 7.51. The Morgan fingerprint density at radius 1 is 0.483 bits per heavy atom. The third kappa shape index (κ3) is 4.69. The van der Waals surface area contributed by atoms with Crippen molar-refractivity contribution in [2.24, 2.45) is 0 Å². The first kappa shape index (κ1) is 34.3. The first-order valence-corrected chi connectivity index (χ1v) is 21.1. The highest BCUT2D eigenvalue weighted by Crippen LogP contribution is 2.63. The zero-order chi connectivity index (χ0) is 40.0. The van der Waals surface area contributed by atoms with Crippen LogP contribution in [0.1, 0.15) is 45.0 Å². The van der Waals surface area contributed by atoms with E-state index in [4.69, 9.17) is 0 Å². The summed E-state index contributed by atoms with van der Waals surface area (Å²) >= 11 is 1.75. The van der Waals surface area contributed by atoms with Crippen molar-refractivity contribution in [2.45, 2.75) is 11.3 Å². The average Bonchev–Trinajstić information content (AvgIpc) is 4.06. The van der Waals surface area contributed by atoms with Gasteiger partial charge in [0.15, 0.2) is 0 Å². The zero-order valence-corrected chi connectivity index (χ0v) is 33.1. The van der Waals surface area contributed by atoms with Gasteiger partial charge >= 0.3 is 0 Å². The Labute approximate surface area is 351 Å². The minimum Gasteiger partial charge on any atom is -0.356 e. The Bertz CT molecular complexity index is 3420. The number of aromatic nitrogens is 1. The molecule has 1 N–H and O–H groups in total. The number of H-pyrrole nitrogens is 1. The van der Waals surface area contributed by atoms with Crippen molar-refractivity contribution in [3.63, 3.8) is 0 Å². The Balaban J connectivity index is 1.16. The van der Waals surface area contributed by atoms with E-state index >= 15 is 0 Å². The molecule has 1 atom stereocenters. The maximum absolute atomic E-state index is 11.4. The third-order valence-corrected chi connectivity index (χ3v) is 14.1. The molecule has 1 unspecified atom stereocenters. The second-order valence-electron chi connectivity index (χ2n) is 15.8. The number of fused-ring (bicyclic) bond motifs is 13. The minimum atomic E-state index is -0.604. The van der Waals surface area contributed by atoms with E-state index in [-0.39, 0.29) is 0 Å². The zero-order valence-electron chi connectivity index (χ0n) is 32.3. The highest BCUT2D eigenvalue weighted by Gasteiger charge is 2.51. The number of hydrogen-bond acceptors (Lipinski definition) is 3. The van der Waals surface area contributed by atoms with E-state index in [1.54, 1.807) is 11.3 Å². The van der Waals surface area contributed by atoms with Crippen molar-refractivity contribution in [1.82, 2.24) is 4.98 Å². The Hall–Kier alpha value is -7.76. The van der Waals surface area contributed by atoms with Crippen LogP contribution in [0.2, 0.25) is 0 Å². The molecule has 0 saturated carbocycles. The molecule has 0 saturated heterocycles. The van der Waals surface area contributed by atoms with Gasteiger partial charge in [-0.2, -0.15) is 10.5 Å². The molecule has 60 heavy (non-hydrogen) atoms. The monoisotopic (exact) mass is 779 g/mol. The first-order valence-electron chi connectivity index (χ1n) is 20.2. The molecule has 0 bridgehead atoms. The van der Waals surface area contributed by atoms with E-state index in [1.165, 1.54) is 54.6 Å². The molecule has 8 aromatic carbocycles. The normalized spacial score (nSPS) is 13.4. The van der Waals surface area contributed by atoms with E-state index in [1.807, 2.05) is 30.3 Å². The van der Waals surface area contributed by atoms with Gasteiger partial charge in [-0.25, -0.2) is 0 Å². The molecule has 2 heterocycles. The number of rotatable bonds is 5. The molecule has 2 aromatic heterocycles. The molecule has 0 fully saturated rings. The summed E-state index contributed by atoms with van der Waals surface area (Å²) in [6.07, 6.45) is 0. The number of hydrogen-bond donors (Lipinski definition) is 1. The predicted octanol–water partition coefficient (Wildman–Crippen LogP) is 14.3. The minimum absolute atomic E-state index is 0.450. The molecule has 4 heteroatoms. The SMILES string of the molecule is N#Cc1ccc(-c2[nH]c(C(C#N)c3cccc4c3sc3ccccc34)c(-c3ccccc3)c2-c2ccc3c(c2)-c2ccccc2C32c3ccccc3-c3ccccc32)cc1. The van der Waals surface area contributed by atoms with Gasteiger partial charge in [-0.05, 0) is 91.0 Å². The van der Waals surface area contributed by atoms with E-state index in [9.17, 15) is 10.5 Å². The van der Waals surface area contributed by atoms with E-state index in [2.05, 4.69) is 175 Å². The van der Waals surface area contributed by atoms with Crippen LogP contribution >= 0.6 is 11.3 Å². The fourth-order valence-electron chi connectivity index (χ4n) is 10.4. The fraction of sp³-hybridized carbons (Fsp3) is 0.0357. The molecule has 12 rings (SSSR count). The molecule has 0 amide bonds. The van der Waals surface area contributed by atoms with Crippen LogP contribution in [0.3, 0.4) is 0 Å². The molecule has 0 aliphatic heterocycles. The van der Waals surface area contributed by atoms with Gasteiger partial charge in [-0.15, -0.1) is 11.3 Å². The van der Waals surface area contributed by atoms with Gasteiger partial charge in [-0.3, -0.25) is 0 Å². The lowest BCUT2D eigenvalue weighted by molar-refractivity contribution is 0.794. The van der Waals surface area contributed by atoms with Crippen LogP contribution in [-0.4, -0.2) is 4.98 Å². The second kappa shape index (κ2) is 13.1. The molecular weight excluding hydrogens is 747 g/mol. The average molecular weight is 780 g/mol. The van der Waals surface area contributed by atoms with Gasteiger partial charge in [0.25, 0.3) is 0 Å². The number of nitriles is 2. The summed E-state index contributed by atoms with van der Waals surface area (Å²) < 4.78 is 2.32. The van der Waals surface area contributed by atoms with Gasteiger partial charge in [0, 0.05) is 37.0 Å². The van der Waals surface area contributed by atoms with Gasteiger partial charge in [0.1, 0.15) is 5.92 Å². The highest BCUT2D eigenvalue weighted by atomic mass is 32.1. The van der Waals surface area contributed by atoms with Crippen molar-refractivity contribution < 1.29 is 0 Å². The van der Waals surface area contributed by atoms with Gasteiger partial charge in [0.2, 0.25) is 0 Å². The van der Waals surface area contributed by atoms with E-state index in [0.29, 0.717) is 5.56 Å². The Morgan fingerprint density at radius 2 is 1.07 bits per heavy atom. The molecule has 1 spiro atoms. The maximum Gasteiger partial charge on any atom is 0.113 e. The smallest absolute Gasteiger partial charge is 0.113 e. The molecule has 3 nitrogen and oxygen atoms in total. The fourth-order valence-corrected chi connectivity index (χ4v) is 11.6. The van der Waals surface area contributed by atoms with E-state index in [0.717, 1.165) is 54.9 Å². The molecule has 2 aliphatic carbocycles. The lowest BCUT2D eigenvalue weighted by Crippen LogP contribution is -2.25. The van der Waals surface area contributed by atoms with Crippen LogP contribution in [0.15, 0.2) is 188 Å². The number of thiophene rings is 1. The van der Waals surface area contributed by atoms with Gasteiger partial charge < -0.3 is 4.98 Å². The van der Waals surface area contributed by atoms with E-state index < -0.39 is 11.3 Å². The number of nitrogens with zero attached hydrogens (tertiary/aromatic N) is 2. The number of benzene rings is 8.